The van der Waals surface area contributed by atoms with Gasteiger partial charge in [-0.3, -0.25) is 14.0 Å². The Kier molecular flexibility index (Phi) is 4.45. The van der Waals surface area contributed by atoms with Crippen molar-refractivity contribution in [3.8, 4) is 0 Å². The summed E-state index contributed by atoms with van der Waals surface area (Å²) in [6, 6.07) is -0.483. The lowest BCUT2D eigenvalue weighted by Crippen LogP contribution is -2.61. The molecule has 2 amide bonds. The van der Waals surface area contributed by atoms with Crippen LogP contribution in [0, 0.1) is 6.92 Å². The van der Waals surface area contributed by atoms with Gasteiger partial charge in [-0.05, 0) is 6.92 Å². The molecule has 0 aromatic carbocycles. The standard InChI is InChI=1S/C16H21N5O3S/c1-11-13(21-6-9-25-16(21)18-11)15(23)20-3-2-17-10-12(20)14(22)19-4-7-24-8-5-19/h6,9,12,17H,2-5,7-8,10H2,1H3/t12-/m0/s1. The molecule has 4 heterocycles. The molecule has 0 saturated carbocycles. The SMILES string of the molecule is Cc1nc2sccn2c1C(=O)N1CCNC[C@H]1C(=O)N1CCOCC1. The number of morpholine rings is 1. The van der Waals surface area contributed by atoms with Crippen molar-refractivity contribution >= 4 is 28.1 Å². The van der Waals surface area contributed by atoms with Gasteiger partial charge in [-0.15, -0.1) is 11.3 Å². The summed E-state index contributed by atoms with van der Waals surface area (Å²) in [6.45, 7) is 5.78. The highest BCUT2D eigenvalue weighted by atomic mass is 32.1. The van der Waals surface area contributed by atoms with Gasteiger partial charge in [0, 0.05) is 44.3 Å². The Hall–Kier alpha value is -1.97. The number of carbonyl (C=O) groups excluding carboxylic acids is 2. The molecular formula is C16H21N5O3S. The molecule has 2 fully saturated rings. The maximum Gasteiger partial charge on any atom is 0.273 e. The van der Waals surface area contributed by atoms with Gasteiger partial charge in [0.15, 0.2) is 4.96 Å². The molecule has 134 valence electrons. The summed E-state index contributed by atoms with van der Waals surface area (Å²) in [5, 5.41) is 5.15. The Labute approximate surface area is 149 Å². The number of aryl methyl sites for hydroxylation is 1. The van der Waals surface area contributed by atoms with Crippen LogP contribution in [0.15, 0.2) is 11.6 Å². The van der Waals surface area contributed by atoms with E-state index in [0.717, 1.165) is 4.96 Å². The third-order valence-corrected chi connectivity index (χ3v) is 5.51. The fraction of sp³-hybridized carbons (Fsp3) is 0.562. The van der Waals surface area contributed by atoms with E-state index in [9.17, 15) is 9.59 Å². The minimum absolute atomic E-state index is 0.00687. The van der Waals surface area contributed by atoms with Gasteiger partial charge >= 0.3 is 0 Å². The molecule has 25 heavy (non-hydrogen) atoms. The average molecular weight is 363 g/mol. The number of amides is 2. The first-order valence-electron chi connectivity index (χ1n) is 8.47. The van der Waals surface area contributed by atoms with Crippen molar-refractivity contribution in [1.29, 1.82) is 0 Å². The van der Waals surface area contributed by atoms with Gasteiger partial charge in [0.05, 0.1) is 18.9 Å². The minimum Gasteiger partial charge on any atom is -0.378 e. The quantitative estimate of drug-likeness (QED) is 0.811. The number of carbonyl (C=O) groups is 2. The highest BCUT2D eigenvalue weighted by Gasteiger charge is 2.37. The average Bonchev–Trinajstić information content (AvgIpc) is 3.21. The van der Waals surface area contributed by atoms with Crippen LogP contribution < -0.4 is 5.32 Å². The second kappa shape index (κ2) is 6.74. The third kappa shape index (κ3) is 2.92. The van der Waals surface area contributed by atoms with Crippen LogP contribution in [0.2, 0.25) is 0 Å². The van der Waals surface area contributed by atoms with Gasteiger partial charge in [0.25, 0.3) is 5.91 Å². The van der Waals surface area contributed by atoms with E-state index in [1.807, 2.05) is 22.9 Å². The van der Waals surface area contributed by atoms with E-state index in [1.54, 1.807) is 9.80 Å². The predicted molar refractivity (Wildman–Crippen MR) is 92.9 cm³/mol. The molecule has 0 aliphatic carbocycles. The number of hydrogen-bond acceptors (Lipinski definition) is 6. The molecule has 1 atom stereocenters. The fourth-order valence-corrected chi connectivity index (χ4v) is 4.21. The maximum absolute atomic E-state index is 13.2. The molecule has 2 aromatic rings. The Morgan fingerprint density at radius 3 is 2.92 bits per heavy atom. The number of imidazole rings is 1. The second-order valence-corrected chi connectivity index (χ2v) is 7.13. The Bertz CT molecular complexity index is 795. The number of nitrogens with zero attached hydrogens (tertiary/aromatic N) is 4. The normalized spacial score (nSPS) is 21.7. The summed E-state index contributed by atoms with van der Waals surface area (Å²) in [5.41, 5.74) is 1.26. The number of piperazine rings is 1. The molecule has 0 unspecified atom stereocenters. The summed E-state index contributed by atoms with van der Waals surface area (Å²) < 4.78 is 7.15. The highest BCUT2D eigenvalue weighted by molar-refractivity contribution is 7.15. The van der Waals surface area contributed by atoms with E-state index in [-0.39, 0.29) is 11.8 Å². The molecule has 2 aliphatic heterocycles. The van der Waals surface area contributed by atoms with Crippen LogP contribution in [-0.2, 0) is 9.53 Å². The van der Waals surface area contributed by atoms with Crippen molar-refractivity contribution in [3.63, 3.8) is 0 Å². The first kappa shape index (κ1) is 16.5. The van der Waals surface area contributed by atoms with E-state index < -0.39 is 6.04 Å². The van der Waals surface area contributed by atoms with Crippen LogP contribution in [0.25, 0.3) is 4.96 Å². The van der Waals surface area contributed by atoms with Gasteiger partial charge in [0.1, 0.15) is 11.7 Å². The summed E-state index contributed by atoms with van der Waals surface area (Å²) in [4.78, 5) is 34.9. The monoisotopic (exact) mass is 363 g/mol. The number of hydrogen-bond donors (Lipinski definition) is 1. The number of rotatable bonds is 2. The molecule has 0 spiro atoms. The van der Waals surface area contributed by atoms with E-state index in [2.05, 4.69) is 10.3 Å². The number of thiazole rings is 1. The van der Waals surface area contributed by atoms with Crippen LogP contribution in [-0.4, -0.2) is 83.0 Å². The van der Waals surface area contributed by atoms with Crippen LogP contribution in [0.1, 0.15) is 16.2 Å². The van der Waals surface area contributed by atoms with Crippen molar-refractivity contribution in [2.45, 2.75) is 13.0 Å². The maximum atomic E-state index is 13.2. The summed E-state index contributed by atoms with van der Waals surface area (Å²) in [7, 11) is 0. The zero-order chi connectivity index (χ0) is 17.4. The van der Waals surface area contributed by atoms with Gasteiger partial charge in [0.2, 0.25) is 5.91 Å². The number of nitrogens with one attached hydrogen (secondary N) is 1. The molecule has 9 heteroatoms. The fourth-order valence-electron chi connectivity index (χ4n) is 3.45. The lowest BCUT2D eigenvalue weighted by Gasteiger charge is -2.39. The topological polar surface area (TPSA) is 79.2 Å². The Morgan fingerprint density at radius 2 is 2.12 bits per heavy atom. The van der Waals surface area contributed by atoms with Crippen molar-refractivity contribution in [2.24, 2.45) is 0 Å². The smallest absolute Gasteiger partial charge is 0.273 e. The van der Waals surface area contributed by atoms with E-state index in [1.165, 1.54) is 11.3 Å². The van der Waals surface area contributed by atoms with E-state index in [0.29, 0.717) is 57.3 Å². The van der Waals surface area contributed by atoms with Gasteiger partial charge in [-0.25, -0.2) is 4.98 Å². The van der Waals surface area contributed by atoms with Crippen LogP contribution in [0.3, 0.4) is 0 Å². The molecular weight excluding hydrogens is 342 g/mol. The first-order chi connectivity index (χ1) is 12.2. The Morgan fingerprint density at radius 1 is 1.32 bits per heavy atom. The largest absolute Gasteiger partial charge is 0.378 e. The number of ether oxygens (including phenoxy) is 1. The highest BCUT2D eigenvalue weighted by Crippen LogP contribution is 2.20. The zero-order valence-corrected chi connectivity index (χ0v) is 14.9. The van der Waals surface area contributed by atoms with Gasteiger partial charge in [-0.1, -0.05) is 0 Å². The van der Waals surface area contributed by atoms with Crippen LogP contribution in [0.5, 0.6) is 0 Å². The molecule has 0 bridgehead atoms. The van der Waals surface area contributed by atoms with Gasteiger partial charge in [-0.2, -0.15) is 0 Å². The van der Waals surface area contributed by atoms with Crippen LogP contribution >= 0.6 is 11.3 Å². The van der Waals surface area contributed by atoms with E-state index in [4.69, 9.17) is 4.74 Å². The molecule has 2 aliphatic rings. The second-order valence-electron chi connectivity index (χ2n) is 6.26. The first-order valence-corrected chi connectivity index (χ1v) is 9.35. The molecule has 8 nitrogen and oxygen atoms in total. The third-order valence-electron chi connectivity index (χ3n) is 4.75. The summed E-state index contributed by atoms with van der Waals surface area (Å²) in [6.07, 6.45) is 1.86. The van der Waals surface area contributed by atoms with Crippen molar-refractivity contribution < 1.29 is 14.3 Å². The minimum atomic E-state index is -0.483. The molecule has 1 N–H and O–H groups in total. The molecule has 4 rings (SSSR count). The Balaban J connectivity index is 1.62. The van der Waals surface area contributed by atoms with Crippen molar-refractivity contribution in [1.82, 2.24) is 24.5 Å². The lowest BCUT2D eigenvalue weighted by atomic mass is 10.1. The van der Waals surface area contributed by atoms with Crippen LogP contribution in [0.4, 0.5) is 0 Å². The summed E-state index contributed by atoms with van der Waals surface area (Å²) >= 11 is 1.50. The van der Waals surface area contributed by atoms with E-state index >= 15 is 0 Å². The number of aromatic nitrogens is 2. The lowest BCUT2D eigenvalue weighted by molar-refractivity contribution is -0.140. The molecule has 2 saturated heterocycles. The molecule has 2 aromatic heterocycles. The molecule has 0 radical (unpaired) electrons. The van der Waals surface area contributed by atoms with Gasteiger partial charge < -0.3 is 19.9 Å². The van der Waals surface area contributed by atoms with Crippen molar-refractivity contribution in [2.75, 3.05) is 45.9 Å². The van der Waals surface area contributed by atoms with Crippen molar-refractivity contribution in [3.05, 3.63) is 23.0 Å². The predicted octanol–water partition coefficient (Wildman–Crippen LogP) is -0.0230. The number of fused-ring (bicyclic) bond motifs is 1. The summed E-state index contributed by atoms with van der Waals surface area (Å²) in [5.74, 6) is -0.135. The zero-order valence-electron chi connectivity index (χ0n) is 14.1.